The van der Waals surface area contributed by atoms with Gasteiger partial charge in [-0.25, -0.2) is 18.6 Å². The van der Waals surface area contributed by atoms with Gasteiger partial charge in [-0.3, -0.25) is 4.79 Å². The summed E-state index contributed by atoms with van der Waals surface area (Å²) in [7, 11) is -4.94. The molecule has 8 heteroatoms. The molecule has 25 heavy (non-hydrogen) atoms. The smallest absolute Gasteiger partial charge is 0.263 e. The van der Waals surface area contributed by atoms with Crippen LogP contribution < -0.4 is 28.9 Å². The maximum Gasteiger partial charge on any atom is 0.307 e. The highest BCUT2D eigenvalue weighted by Crippen LogP contribution is 2.10. The quantitative estimate of drug-likeness (QED) is 0.453. The van der Waals surface area contributed by atoms with Crippen molar-refractivity contribution in [2.45, 2.75) is 20.8 Å². The topological polar surface area (TPSA) is 118 Å². The van der Waals surface area contributed by atoms with E-state index in [4.69, 9.17) is 18.6 Å². The third-order valence-electron chi connectivity index (χ3n) is 3.52. The molecule has 2 aromatic heterocycles. The summed E-state index contributed by atoms with van der Waals surface area (Å²) in [4.78, 5) is 12.4. The van der Waals surface area contributed by atoms with Crippen LogP contribution in [0.4, 0.5) is 0 Å². The Morgan fingerprint density at radius 2 is 1.40 bits per heavy atom. The number of fused-ring (bicyclic) bond motifs is 1. The Labute approximate surface area is 146 Å². The van der Waals surface area contributed by atoms with Gasteiger partial charge < -0.3 is 0 Å². The van der Waals surface area contributed by atoms with Gasteiger partial charge in [-0.15, -0.1) is 10.2 Å². The number of hydrogen-bond donors (Lipinski definition) is 0. The van der Waals surface area contributed by atoms with E-state index in [0.29, 0.717) is 0 Å². The Balaban J connectivity index is 0.000000399. The molecule has 132 valence electrons. The molecule has 0 bridgehead atoms. The van der Waals surface area contributed by atoms with Gasteiger partial charge in [-0.2, -0.15) is 0 Å². The number of nitrogens with zero attached hydrogens (tertiary/aromatic N) is 2. The first-order chi connectivity index (χ1) is 11.6. The average Bonchev–Trinajstić information content (AvgIpc) is 2.47. The van der Waals surface area contributed by atoms with Crippen LogP contribution in [0.3, 0.4) is 0 Å². The molecule has 0 radical (unpaired) electrons. The van der Waals surface area contributed by atoms with Crippen LogP contribution in [0, 0.1) is 31.0 Å². The van der Waals surface area contributed by atoms with E-state index in [1.807, 2.05) is 48.9 Å². The van der Waals surface area contributed by atoms with Crippen LogP contribution in [0.25, 0.3) is 10.9 Å². The fraction of sp³-hybridized carbons (Fsp3) is 0.176. The number of halogens is 1. The van der Waals surface area contributed by atoms with Crippen LogP contribution in [-0.4, -0.2) is 4.68 Å². The summed E-state index contributed by atoms with van der Waals surface area (Å²) < 4.78 is 37.7. The monoisotopic (exact) mass is 364 g/mol. The zero-order valence-corrected chi connectivity index (χ0v) is 14.7. The van der Waals surface area contributed by atoms with Crippen molar-refractivity contribution in [2.24, 2.45) is 0 Å². The molecule has 0 unspecified atom stereocenters. The summed E-state index contributed by atoms with van der Waals surface area (Å²) in [5, 5.41) is 1.05. The Bertz CT molecular complexity index is 934. The lowest BCUT2D eigenvalue weighted by atomic mass is 10.2. The highest BCUT2D eigenvalue weighted by molar-refractivity contribution is 5.78. The van der Waals surface area contributed by atoms with Crippen molar-refractivity contribution in [3.8, 4) is 0 Å². The second-order valence-electron chi connectivity index (χ2n) is 5.55. The number of benzene rings is 1. The van der Waals surface area contributed by atoms with Gasteiger partial charge >= 0.3 is 5.56 Å². The largest absolute Gasteiger partial charge is 0.307 e. The maximum atomic E-state index is 12.4. The van der Waals surface area contributed by atoms with Crippen LogP contribution in [0.15, 0.2) is 53.3 Å². The number of para-hydroxylation sites is 1. The summed E-state index contributed by atoms with van der Waals surface area (Å²) in [5.74, 6) is 0. The van der Waals surface area contributed by atoms with E-state index in [1.165, 1.54) is 5.56 Å². The standard InChI is InChI=1S/C17H17N2O.ClHO4/c1-12-10-13(2)18(14(3)11-12)19-16-7-5-4-6-15(16)8-9-17(19)20;2-1(3,4)5/h4-11H,1-3H3;(H,2,3,4,5)/q+1;/p-1. The Hall–Kier alpha value is -2.29. The van der Waals surface area contributed by atoms with Gasteiger partial charge in [0.05, 0.1) is 0 Å². The zero-order valence-electron chi connectivity index (χ0n) is 13.9. The average molecular weight is 365 g/mol. The van der Waals surface area contributed by atoms with Gasteiger partial charge in [0.1, 0.15) is 5.52 Å². The molecule has 2 heterocycles. The maximum absolute atomic E-state index is 12.4. The Kier molecular flexibility index (Phi) is 5.56. The molecule has 0 saturated carbocycles. The van der Waals surface area contributed by atoms with Crippen LogP contribution in [0.5, 0.6) is 0 Å². The first kappa shape index (κ1) is 19.0. The van der Waals surface area contributed by atoms with Crippen molar-refractivity contribution < 1.29 is 33.6 Å². The Morgan fingerprint density at radius 3 is 1.96 bits per heavy atom. The molecule has 3 aromatic rings. The van der Waals surface area contributed by atoms with Crippen molar-refractivity contribution in [3.63, 3.8) is 0 Å². The van der Waals surface area contributed by atoms with Crippen molar-refractivity contribution in [3.05, 3.63) is 75.8 Å². The van der Waals surface area contributed by atoms with E-state index in [9.17, 15) is 4.79 Å². The minimum Gasteiger partial charge on any atom is -0.263 e. The zero-order chi connectivity index (χ0) is 18.8. The molecule has 0 aliphatic heterocycles. The van der Waals surface area contributed by atoms with Gasteiger partial charge in [0.15, 0.2) is 0 Å². The summed E-state index contributed by atoms with van der Waals surface area (Å²) >= 11 is 0. The number of hydrogen-bond acceptors (Lipinski definition) is 5. The molecule has 1 aromatic carbocycles. The molecule has 0 atom stereocenters. The molecular weight excluding hydrogens is 348 g/mol. The third kappa shape index (κ3) is 4.85. The normalized spacial score (nSPS) is 11.2. The van der Waals surface area contributed by atoms with Gasteiger partial charge in [0.2, 0.25) is 11.4 Å². The predicted molar refractivity (Wildman–Crippen MR) is 79.9 cm³/mol. The van der Waals surface area contributed by atoms with Crippen LogP contribution in [0.1, 0.15) is 17.0 Å². The SMILES string of the molecule is Cc1cc(C)[n+](-n2c(=O)ccc3ccccc32)c(C)c1.[O-][Cl+3]([O-])([O-])[O-]. The summed E-state index contributed by atoms with van der Waals surface area (Å²) in [6.07, 6.45) is 0. The van der Waals surface area contributed by atoms with E-state index >= 15 is 0 Å². The first-order valence-corrected chi connectivity index (χ1v) is 8.54. The molecule has 7 nitrogen and oxygen atoms in total. The summed E-state index contributed by atoms with van der Waals surface area (Å²) in [6.45, 7) is 6.11. The highest BCUT2D eigenvalue weighted by Gasteiger charge is 2.18. The van der Waals surface area contributed by atoms with Crippen LogP contribution in [0.2, 0.25) is 0 Å². The van der Waals surface area contributed by atoms with Crippen molar-refractivity contribution in [1.82, 2.24) is 4.68 Å². The summed E-state index contributed by atoms with van der Waals surface area (Å²) in [5.41, 5.74) is 4.18. The highest BCUT2D eigenvalue weighted by atomic mass is 35.7. The molecule has 0 aliphatic carbocycles. The summed E-state index contributed by atoms with van der Waals surface area (Å²) in [6, 6.07) is 15.6. The molecule has 0 aliphatic rings. The molecule has 0 spiro atoms. The van der Waals surface area contributed by atoms with E-state index < -0.39 is 10.2 Å². The lowest BCUT2D eigenvalue weighted by Gasteiger charge is -2.17. The van der Waals surface area contributed by atoms with Crippen molar-refractivity contribution in [1.29, 1.82) is 0 Å². The molecule has 0 N–H and O–H groups in total. The van der Waals surface area contributed by atoms with E-state index in [-0.39, 0.29) is 5.56 Å². The second-order valence-corrected chi connectivity index (χ2v) is 6.30. The predicted octanol–water partition coefficient (Wildman–Crippen LogP) is -2.23. The van der Waals surface area contributed by atoms with E-state index in [2.05, 4.69) is 19.1 Å². The van der Waals surface area contributed by atoms with Gasteiger partial charge in [0.25, 0.3) is 0 Å². The lowest BCUT2D eigenvalue weighted by Crippen LogP contribution is -2.68. The van der Waals surface area contributed by atoms with Gasteiger partial charge in [-0.1, -0.05) is 27.6 Å². The van der Waals surface area contributed by atoms with Crippen LogP contribution in [-0.2, 0) is 0 Å². The fourth-order valence-corrected chi connectivity index (χ4v) is 2.79. The second kappa shape index (κ2) is 7.30. The minimum absolute atomic E-state index is 0.0243. The first-order valence-electron chi connectivity index (χ1n) is 7.31. The van der Waals surface area contributed by atoms with E-state index in [0.717, 1.165) is 22.3 Å². The number of aromatic nitrogens is 2. The molecule has 3 rings (SSSR count). The number of aryl methyl sites for hydroxylation is 3. The van der Waals surface area contributed by atoms with Crippen LogP contribution >= 0.6 is 0 Å². The molecule has 0 fully saturated rings. The minimum atomic E-state index is -4.94. The van der Waals surface area contributed by atoms with Crippen molar-refractivity contribution in [2.75, 3.05) is 0 Å². The third-order valence-corrected chi connectivity index (χ3v) is 3.52. The molecule has 0 amide bonds. The van der Waals surface area contributed by atoms with Crippen molar-refractivity contribution >= 4 is 10.9 Å². The fourth-order valence-electron chi connectivity index (χ4n) is 2.79. The van der Waals surface area contributed by atoms with E-state index in [1.54, 1.807) is 10.7 Å². The van der Waals surface area contributed by atoms with Gasteiger partial charge in [0, 0.05) is 37.4 Å². The lowest BCUT2D eigenvalue weighted by molar-refractivity contribution is -2.00. The number of pyridine rings is 2. The molecular formula is C17H17ClN2O5. The Morgan fingerprint density at radius 1 is 0.880 bits per heavy atom. The molecule has 0 saturated heterocycles. The van der Waals surface area contributed by atoms with Gasteiger partial charge in [-0.05, 0) is 24.6 Å². The number of rotatable bonds is 1.